The predicted octanol–water partition coefficient (Wildman–Crippen LogP) is 1.88. The van der Waals surface area contributed by atoms with E-state index in [1.807, 2.05) is 0 Å². The standard InChI is InChI=1S/C12H12N2O4S2/c1-8(10-4-2-3-5-13-10)14-20(17,18)11-6-9(7-19-11)12(15)16/h2-8,14H,1H3,(H,15,16). The highest BCUT2D eigenvalue weighted by Crippen LogP contribution is 2.22. The molecule has 2 aromatic heterocycles. The molecule has 0 aliphatic rings. The van der Waals surface area contributed by atoms with Crippen LogP contribution in [0.3, 0.4) is 0 Å². The van der Waals surface area contributed by atoms with Crippen LogP contribution < -0.4 is 4.72 Å². The lowest BCUT2D eigenvalue weighted by Gasteiger charge is -2.12. The second-order valence-electron chi connectivity index (χ2n) is 4.06. The monoisotopic (exact) mass is 312 g/mol. The second kappa shape index (κ2) is 5.70. The molecule has 0 aliphatic carbocycles. The molecule has 0 saturated heterocycles. The van der Waals surface area contributed by atoms with Crippen LogP contribution in [0, 0.1) is 0 Å². The molecule has 0 aromatic carbocycles. The van der Waals surface area contributed by atoms with Crippen molar-refractivity contribution in [2.45, 2.75) is 17.2 Å². The fourth-order valence-electron chi connectivity index (χ4n) is 1.55. The van der Waals surface area contributed by atoms with Gasteiger partial charge in [-0.05, 0) is 25.1 Å². The smallest absolute Gasteiger partial charge is 0.336 e. The SMILES string of the molecule is CC(NS(=O)(=O)c1cc(C(=O)O)cs1)c1ccccn1. The fourth-order valence-corrected chi connectivity index (χ4v) is 3.94. The van der Waals surface area contributed by atoms with Crippen LogP contribution in [-0.2, 0) is 10.0 Å². The molecular weight excluding hydrogens is 300 g/mol. The zero-order valence-corrected chi connectivity index (χ0v) is 12.1. The Morgan fingerprint density at radius 2 is 2.20 bits per heavy atom. The van der Waals surface area contributed by atoms with E-state index < -0.39 is 22.0 Å². The number of pyridine rings is 1. The maximum atomic E-state index is 12.1. The Morgan fingerprint density at radius 1 is 1.45 bits per heavy atom. The lowest BCUT2D eigenvalue weighted by atomic mass is 10.2. The van der Waals surface area contributed by atoms with E-state index >= 15 is 0 Å². The molecule has 0 amide bonds. The Morgan fingerprint density at radius 3 is 2.75 bits per heavy atom. The third-order valence-electron chi connectivity index (χ3n) is 2.55. The van der Waals surface area contributed by atoms with Gasteiger partial charge in [0.2, 0.25) is 0 Å². The normalized spacial score (nSPS) is 13.1. The molecule has 0 bridgehead atoms. The zero-order chi connectivity index (χ0) is 14.8. The Balaban J connectivity index is 2.20. The number of nitrogens with one attached hydrogen (secondary N) is 1. The summed E-state index contributed by atoms with van der Waals surface area (Å²) in [6, 6.07) is 5.85. The summed E-state index contributed by atoms with van der Waals surface area (Å²) in [4.78, 5) is 14.8. The molecule has 20 heavy (non-hydrogen) atoms. The molecule has 0 saturated carbocycles. The van der Waals surface area contributed by atoms with E-state index in [4.69, 9.17) is 5.11 Å². The van der Waals surface area contributed by atoms with E-state index in [0.717, 1.165) is 17.4 Å². The molecule has 1 unspecified atom stereocenters. The summed E-state index contributed by atoms with van der Waals surface area (Å²) in [5.74, 6) is -1.15. The highest BCUT2D eigenvalue weighted by atomic mass is 32.2. The highest BCUT2D eigenvalue weighted by molar-refractivity contribution is 7.91. The van der Waals surface area contributed by atoms with Crippen LogP contribution in [0.15, 0.2) is 40.1 Å². The van der Waals surface area contributed by atoms with Crippen molar-refractivity contribution in [2.24, 2.45) is 0 Å². The predicted molar refractivity (Wildman–Crippen MR) is 74.3 cm³/mol. The molecule has 106 valence electrons. The quantitative estimate of drug-likeness (QED) is 0.878. The molecule has 0 radical (unpaired) electrons. The molecule has 1 atom stereocenters. The van der Waals surface area contributed by atoms with Gasteiger partial charge < -0.3 is 5.11 Å². The van der Waals surface area contributed by atoms with Gasteiger partial charge in [0.1, 0.15) is 4.21 Å². The van der Waals surface area contributed by atoms with Gasteiger partial charge in [0.15, 0.2) is 0 Å². The molecule has 0 aliphatic heterocycles. The number of rotatable bonds is 5. The number of nitrogens with zero attached hydrogens (tertiary/aromatic N) is 1. The molecule has 6 nitrogen and oxygen atoms in total. The van der Waals surface area contributed by atoms with Gasteiger partial charge in [0, 0.05) is 11.6 Å². The van der Waals surface area contributed by atoms with Gasteiger partial charge in [-0.1, -0.05) is 6.07 Å². The summed E-state index contributed by atoms with van der Waals surface area (Å²) in [5.41, 5.74) is 0.548. The van der Waals surface area contributed by atoms with Crippen molar-refractivity contribution >= 4 is 27.3 Å². The van der Waals surface area contributed by atoms with Crippen molar-refractivity contribution in [2.75, 3.05) is 0 Å². The van der Waals surface area contributed by atoms with Crippen molar-refractivity contribution < 1.29 is 18.3 Å². The van der Waals surface area contributed by atoms with Crippen LogP contribution in [0.1, 0.15) is 29.0 Å². The van der Waals surface area contributed by atoms with Crippen LogP contribution in [0.4, 0.5) is 0 Å². The van der Waals surface area contributed by atoms with Crippen LogP contribution >= 0.6 is 11.3 Å². The fraction of sp³-hybridized carbons (Fsp3) is 0.167. The second-order valence-corrected chi connectivity index (χ2v) is 6.91. The van der Waals surface area contributed by atoms with Gasteiger partial charge >= 0.3 is 5.97 Å². The first-order valence-corrected chi connectivity index (χ1v) is 8.01. The topological polar surface area (TPSA) is 96.4 Å². The zero-order valence-electron chi connectivity index (χ0n) is 10.5. The van der Waals surface area contributed by atoms with E-state index in [0.29, 0.717) is 5.69 Å². The van der Waals surface area contributed by atoms with Crippen molar-refractivity contribution in [1.82, 2.24) is 9.71 Å². The van der Waals surface area contributed by atoms with Gasteiger partial charge in [-0.25, -0.2) is 17.9 Å². The van der Waals surface area contributed by atoms with Crippen LogP contribution in [0.25, 0.3) is 0 Å². The summed E-state index contributed by atoms with van der Waals surface area (Å²) in [5, 5.41) is 10.1. The first kappa shape index (κ1) is 14.6. The van der Waals surface area contributed by atoms with Gasteiger partial charge in [0.05, 0.1) is 17.3 Å². The Labute approximate surface area is 120 Å². The van der Waals surface area contributed by atoms with E-state index in [9.17, 15) is 13.2 Å². The number of carboxylic acids is 1. The first-order valence-electron chi connectivity index (χ1n) is 5.65. The van der Waals surface area contributed by atoms with Gasteiger partial charge in [0.25, 0.3) is 10.0 Å². The summed E-state index contributed by atoms with van der Waals surface area (Å²) in [6.07, 6.45) is 1.58. The molecule has 2 rings (SSSR count). The molecular formula is C12H12N2O4S2. The van der Waals surface area contributed by atoms with Crippen molar-refractivity contribution in [1.29, 1.82) is 0 Å². The lowest BCUT2D eigenvalue weighted by Crippen LogP contribution is -2.26. The largest absolute Gasteiger partial charge is 0.478 e. The number of hydrogen-bond donors (Lipinski definition) is 2. The van der Waals surface area contributed by atoms with Gasteiger partial charge in [-0.15, -0.1) is 11.3 Å². The van der Waals surface area contributed by atoms with Crippen LogP contribution in [0.2, 0.25) is 0 Å². The third-order valence-corrected chi connectivity index (χ3v) is 5.53. The summed E-state index contributed by atoms with van der Waals surface area (Å²) in [6.45, 7) is 1.67. The molecule has 2 heterocycles. The number of thiophene rings is 1. The summed E-state index contributed by atoms with van der Waals surface area (Å²) in [7, 11) is -3.76. The molecule has 8 heteroatoms. The maximum absolute atomic E-state index is 12.1. The van der Waals surface area contributed by atoms with Crippen LogP contribution in [-0.4, -0.2) is 24.5 Å². The van der Waals surface area contributed by atoms with Crippen LogP contribution in [0.5, 0.6) is 0 Å². The minimum absolute atomic E-state index is 0.0299. The minimum Gasteiger partial charge on any atom is -0.478 e. The molecule has 2 N–H and O–H groups in total. The van der Waals surface area contributed by atoms with Gasteiger partial charge in [-0.2, -0.15) is 0 Å². The Kier molecular flexibility index (Phi) is 4.17. The molecule has 0 fully saturated rings. The number of carbonyl (C=O) groups is 1. The number of carboxylic acid groups (broad SMARTS) is 1. The average Bonchev–Trinajstić information content (AvgIpc) is 2.90. The Bertz CT molecular complexity index is 710. The Hall–Kier alpha value is -1.77. The number of aromatic carboxylic acids is 1. The van der Waals surface area contributed by atoms with Crippen molar-refractivity contribution in [3.63, 3.8) is 0 Å². The first-order chi connectivity index (χ1) is 9.40. The van der Waals surface area contributed by atoms with E-state index in [1.165, 1.54) is 5.38 Å². The number of aromatic nitrogens is 1. The van der Waals surface area contributed by atoms with Gasteiger partial charge in [-0.3, -0.25) is 4.98 Å². The minimum atomic E-state index is -3.76. The summed E-state index contributed by atoms with van der Waals surface area (Å²) < 4.78 is 26.7. The number of sulfonamides is 1. The summed E-state index contributed by atoms with van der Waals surface area (Å²) >= 11 is 0.870. The van der Waals surface area contributed by atoms with Crippen molar-refractivity contribution in [3.05, 3.63) is 47.1 Å². The molecule has 0 spiro atoms. The third kappa shape index (κ3) is 3.21. The number of hydrogen-bond acceptors (Lipinski definition) is 5. The highest BCUT2D eigenvalue weighted by Gasteiger charge is 2.22. The van der Waals surface area contributed by atoms with E-state index in [2.05, 4.69) is 9.71 Å². The van der Waals surface area contributed by atoms with E-state index in [1.54, 1.807) is 31.3 Å². The van der Waals surface area contributed by atoms with Crippen molar-refractivity contribution in [3.8, 4) is 0 Å². The lowest BCUT2D eigenvalue weighted by molar-refractivity contribution is 0.0697. The molecule has 2 aromatic rings. The average molecular weight is 312 g/mol. The maximum Gasteiger partial charge on any atom is 0.336 e. The van der Waals surface area contributed by atoms with E-state index in [-0.39, 0.29) is 9.77 Å².